The first-order valence-corrected chi connectivity index (χ1v) is 9.84. The van der Waals surface area contributed by atoms with Crippen molar-refractivity contribution in [3.05, 3.63) is 47.3 Å². The number of carbonyl (C=O) groups excluding carboxylic acids is 1. The van der Waals surface area contributed by atoms with Crippen molar-refractivity contribution in [2.75, 3.05) is 40.4 Å². The number of likely N-dealkylation sites (N-methyl/N-ethyl adjacent to an activating group) is 1. The van der Waals surface area contributed by atoms with Crippen molar-refractivity contribution in [1.82, 2.24) is 19.6 Å². The van der Waals surface area contributed by atoms with Crippen LogP contribution in [0.3, 0.4) is 0 Å². The van der Waals surface area contributed by atoms with Crippen LogP contribution in [-0.4, -0.2) is 72.0 Å². The highest BCUT2D eigenvalue weighted by Crippen LogP contribution is 2.32. The van der Waals surface area contributed by atoms with Crippen LogP contribution in [-0.2, 0) is 18.2 Å². The van der Waals surface area contributed by atoms with Crippen LogP contribution in [0.5, 0.6) is 5.75 Å². The van der Waals surface area contributed by atoms with E-state index in [2.05, 4.69) is 10.00 Å². The zero-order valence-electron chi connectivity index (χ0n) is 16.8. The molecular formula is C21H28N4O3. The molecule has 2 aliphatic heterocycles. The van der Waals surface area contributed by atoms with Crippen molar-refractivity contribution in [3.8, 4) is 5.75 Å². The molecule has 1 aromatic heterocycles. The molecule has 150 valence electrons. The molecule has 2 aliphatic rings. The molecule has 0 N–H and O–H groups in total. The number of amides is 1. The molecule has 0 unspecified atom stereocenters. The molecule has 2 aromatic rings. The Morgan fingerprint density at radius 3 is 2.93 bits per heavy atom. The zero-order chi connectivity index (χ0) is 19.7. The van der Waals surface area contributed by atoms with Crippen molar-refractivity contribution in [2.24, 2.45) is 7.05 Å². The van der Waals surface area contributed by atoms with Crippen LogP contribution >= 0.6 is 0 Å². The van der Waals surface area contributed by atoms with Crippen molar-refractivity contribution in [2.45, 2.75) is 25.0 Å². The summed E-state index contributed by atoms with van der Waals surface area (Å²) in [5.41, 5.74) is 2.83. The molecule has 1 fully saturated rings. The molecule has 2 atom stereocenters. The average molecular weight is 384 g/mol. The number of carbonyl (C=O) groups is 1. The summed E-state index contributed by atoms with van der Waals surface area (Å²) in [5, 5.41) is 4.32. The number of hydrogen-bond donors (Lipinski definition) is 0. The van der Waals surface area contributed by atoms with E-state index in [1.54, 1.807) is 4.68 Å². The van der Waals surface area contributed by atoms with Gasteiger partial charge in [-0.05, 0) is 50.7 Å². The summed E-state index contributed by atoms with van der Waals surface area (Å²) in [6.45, 7) is 2.59. The van der Waals surface area contributed by atoms with E-state index in [0.717, 1.165) is 42.9 Å². The lowest BCUT2D eigenvalue weighted by Crippen LogP contribution is -2.51. The maximum absolute atomic E-state index is 13.5. The molecule has 1 aromatic carbocycles. The van der Waals surface area contributed by atoms with Crippen molar-refractivity contribution in [3.63, 3.8) is 0 Å². The van der Waals surface area contributed by atoms with E-state index < -0.39 is 0 Å². The molecule has 0 bridgehead atoms. The van der Waals surface area contributed by atoms with Gasteiger partial charge < -0.3 is 19.3 Å². The highest BCUT2D eigenvalue weighted by Gasteiger charge is 2.38. The Kier molecular flexibility index (Phi) is 5.37. The first-order chi connectivity index (χ1) is 13.5. The Balaban J connectivity index is 1.66. The summed E-state index contributed by atoms with van der Waals surface area (Å²) in [5.74, 6) is 0.938. The van der Waals surface area contributed by atoms with Gasteiger partial charge in [0.05, 0.1) is 31.6 Å². The first-order valence-electron chi connectivity index (χ1n) is 9.84. The van der Waals surface area contributed by atoms with E-state index in [1.165, 1.54) is 0 Å². The number of morpholine rings is 1. The van der Waals surface area contributed by atoms with E-state index in [9.17, 15) is 4.79 Å². The van der Waals surface area contributed by atoms with E-state index in [-0.39, 0.29) is 18.1 Å². The Morgan fingerprint density at radius 2 is 2.18 bits per heavy atom. The number of aromatic nitrogens is 2. The number of nitrogens with zero attached hydrogens (tertiary/aromatic N) is 4. The summed E-state index contributed by atoms with van der Waals surface area (Å²) in [4.78, 5) is 17.5. The zero-order valence-corrected chi connectivity index (χ0v) is 16.8. The Labute approximate surface area is 165 Å². The van der Waals surface area contributed by atoms with E-state index >= 15 is 0 Å². The minimum Gasteiger partial charge on any atom is -0.493 e. The molecule has 7 nitrogen and oxygen atoms in total. The molecule has 1 amide bonds. The third-order valence-electron chi connectivity index (χ3n) is 5.38. The van der Waals surface area contributed by atoms with Gasteiger partial charge in [0.2, 0.25) is 0 Å². The van der Waals surface area contributed by atoms with Crippen LogP contribution in [0.15, 0.2) is 30.6 Å². The third-order valence-corrected chi connectivity index (χ3v) is 5.38. The van der Waals surface area contributed by atoms with Crippen LogP contribution in [0.25, 0.3) is 0 Å². The lowest BCUT2D eigenvalue weighted by molar-refractivity contribution is -0.0684. The molecule has 3 heterocycles. The molecular weight excluding hydrogens is 356 g/mol. The summed E-state index contributed by atoms with van der Waals surface area (Å²) in [7, 11) is 5.94. The second-order valence-electron chi connectivity index (χ2n) is 7.84. The normalized spacial score (nSPS) is 22.1. The summed E-state index contributed by atoms with van der Waals surface area (Å²) in [6, 6.07) is 5.64. The topological polar surface area (TPSA) is 59.8 Å². The fourth-order valence-corrected chi connectivity index (χ4v) is 4.12. The number of ether oxygens (including phenoxy) is 2. The summed E-state index contributed by atoms with van der Waals surface area (Å²) >= 11 is 0. The van der Waals surface area contributed by atoms with Crippen LogP contribution in [0.2, 0.25) is 0 Å². The van der Waals surface area contributed by atoms with Crippen LogP contribution < -0.4 is 4.74 Å². The van der Waals surface area contributed by atoms with Gasteiger partial charge in [0, 0.05) is 37.5 Å². The second kappa shape index (κ2) is 7.93. The number of hydrogen-bond acceptors (Lipinski definition) is 5. The van der Waals surface area contributed by atoms with Gasteiger partial charge in [-0.15, -0.1) is 0 Å². The minimum atomic E-state index is -0.162. The predicted molar refractivity (Wildman–Crippen MR) is 106 cm³/mol. The smallest absolute Gasteiger partial charge is 0.254 e. The lowest BCUT2D eigenvalue weighted by Gasteiger charge is -2.42. The highest BCUT2D eigenvalue weighted by atomic mass is 16.5. The number of benzene rings is 1. The second-order valence-corrected chi connectivity index (χ2v) is 7.84. The molecule has 0 aliphatic carbocycles. The van der Waals surface area contributed by atoms with Gasteiger partial charge in [0.25, 0.3) is 5.91 Å². The van der Waals surface area contributed by atoms with E-state index in [4.69, 9.17) is 9.47 Å². The van der Waals surface area contributed by atoms with Gasteiger partial charge in [-0.2, -0.15) is 5.10 Å². The van der Waals surface area contributed by atoms with Gasteiger partial charge in [-0.25, -0.2) is 0 Å². The Bertz CT molecular complexity index is 848. The van der Waals surface area contributed by atoms with E-state index in [0.29, 0.717) is 18.7 Å². The fraction of sp³-hybridized carbons (Fsp3) is 0.524. The molecule has 4 rings (SSSR count). The quantitative estimate of drug-likeness (QED) is 0.806. The molecule has 7 heteroatoms. The number of fused-ring (bicyclic) bond motifs is 1. The van der Waals surface area contributed by atoms with Gasteiger partial charge in [0.1, 0.15) is 5.75 Å². The minimum absolute atomic E-state index is 0.0364. The molecule has 28 heavy (non-hydrogen) atoms. The fourth-order valence-electron chi connectivity index (χ4n) is 4.12. The maximum Gasteiger partial charge on any atom is 0.254 e. The van der Waals surface area contributed by atoms with Gasteiger partial charge >= 0.3 is 0 Å². The van der Waals surface area contributed by atoms with E-state index in [1.807, 2.05) is 56.6 Å². The third kappa shape index (κ3) is 3.77. The molecule has 0 saturated carbocycles. The van der Waals surface area contributed by atoms with Gasteiger partial charge in [-0.3, -0.25) is 9.48 Å². The average Bonchev–Trinajstić information content (AvgIpc) is 3.12. The standard InChI is InChI=1S/C21H28N4O3/c1-23(2)14-19-20(17-12-22-24(3)13-17)25(8-10-28-19)21(26)16-6-7-18-15(11-16)5-4-9-27-18/h6-7,11-13,19-20H,4-5,8-10,14H2,1-3H3/t19-,20-/m0/s1. The SMILES string of the molecule is CN(C)C[C@@H]1OCCN(C(=O)c2ccc3c(c2)CCCO3)[C@H]1c1cnn(C)c1. The molecule has 1 saturated heterocycles. The maximum atomic E-state index is 13.5. The van der Waals surface area contributed by atoms with Crippen LogP contribution in [0.1, 0.15) is 33.9 Å². The van der Waals surface area contributed by atoms with Crippen molar-refractivity contribution >= 4 is 5.91 Å². The van der Waals surface area contributed by atoms with Crippen molar-refractivity contribution in [1.29, 1.82) is 0 Å². The van der Waals surface area contributed by atoms with Gasteiger partial charge in [0.15, 0.2) is 0 Å². The largest absolute Gasteiger partial charge is 0.493 e. The first kappa shape index (κ1) is 19.0. The molecule has 0 radical (unpaired) electrons. The summed E-state index contributed by atoms with van der Waals surface area (Å²) < 4.78 is 13.5. The van der Waals surface area contributed by atoms with Gasteiger partial charge in [-0.1, -0.05) is 0 Å². The van der Waals surface area contributed by atoms with Crippen LogP contribution in [0, 0.1) is 0 Å². The Morgan fingerprint density at radius 1 is 1.32 bits per heavy atom. The number of aryl methyl sites for hydroxylation is 2. The van der Waals surface area contributed by atoms with Crippen LogP contribution in [0.4, 0.5) is 0 Å². The monoisotopic (exact) mass is 384 g/mol. The van der Waals surface area contributed by atoms with Crippen molar-refractivity contribution < 1.29 is 14.3 Å². The molecule has 0 spiro atoms. The highest BCUT2D eigenvalue weighted by molar-refractivity contribution is 5.95. The number of rotatable bonds is 4. The predicted octanol–water partition coefficient (Wildman–Crippen LogP) is 1.89. The Hall–Kier alpha value is -2.38. The lowest BCUT2D eigenvalue weighted by atomic mass is 9.98. The summed E-state index contributed by atoms with van der Waals surface area (Å²) in [6.07, 6.45) is 5.66.